The van der Waals surface area contributed by atoms with Crippen molar-refractivity contribution in [1.29, 1.82) is 0 Å². The topological polar surface area (TPSA) is 59.1 Å². The molecule has 0 saturated carbocycles. The van der Waals surface area contributed by atoms with Crippen molar-refractivity contribution in [2.75, 3.05) is 37.7 Å². The minimum absolute atomic E-state index is 0.258. The minimum atomic E-state index is -0.912. The van der Waals surface area contributed by atoms with E-state index in [2.05, 4.69) is 4.90 Å². The Labute approximate surface area is 173 Å². The van der Waals surface area contributed by atoms with Gasteiger partial charge in [-0.3, -0.25) is 4.79 Å². The third kappa shape index (κ3) is 5.60. The van der Waals surface area contributed by atoms with Crippen LogP contribution in [0.1, 0.15) is 6.92 Å². The minimum Gasteiger partial charge on any atom is -0.479 e. The SMILES string of the molecule is C[C@H](Oc1ccc(F)cc1)C(=O)OCC(=O)N1CCN(c2ccccc2Cl)CC1. The van der Waals surface area contributed by atoms with Gasteiger partial charge in [0, 0.05) is 26.2 Å². The molecule has 2 aromatic carbocycles. The zero-order chi connectivity index (χ0) is 20.8. The molecule has 0 unspecified atom stereocenters. The fourth-order valence-corrected chi connectivity index (χ4v) is 3.27. The molecular weight excluding hydrogens is 399 g/mol. The third-order valence-electron chi connectivity index (χ3n) is 4.62. The number of benzene rings is 2. The van der Waals surface area contributed by atoms with Gasteiger partial charge in [0.25, 0.3) is 5.91 Å². The fraction of sp³-hybridized carbons (Fsp3) is 0.333. The maximum Gasteiger partial charge on any atom is 0.347 e. The van der Waals surface area contributed by atoms with Crippen molar-refractivity contribution in [3.8, 4) is 5.75 Å². The number of ether oxygens (including phenoxy) is 2. The summed E-state index contributed by atoms with van der Waals surface area (Å²) >= 11 is 6.23. The lowest BCUT2D eigenvalue weighted by Crippen LogP contribution is -2.50. The number of esters is 1. The van der Waals surface area contributed by atoms with Gasteiger partial charge in [-0.15, -0.1) is 0 Å². The van der Waals surface area contributed by atoms with Crippen LogP contribution >= 0.6 is 11.6 Å². The average Bonchev–Trinajstić information content (AvgIpc) is 2.74. The Bertz CT molecular complexity index is 854. The predicted octanol–water partition coefficient (Wildman–Crippen LogP) is 3.14. The summed E-state index contributed by atoms with van der Waals surface area (Å²) in [4.78, 5) is 28.2. The normalized spacial score (nSPS) is 15.0. The monoisotopic (exact) mass is 420 g/mol. The van der Waals surface area contributed by atoms with E-state index in [1.54, 1.807) is 4.90 Å². The lowest BCUT2D eigenvalue weighted by Gasteiger charge is -2.36. The van der Waals surface area contributed by atoms with Crippen LogP contribution in [-0.4, -0.2) is 55.7 Å². The maximum absolute atomic E-state index is 12.9. The quantitative estimate of drug-likeness (QED) is 0.672. The van der Waals surface area contributed by atoms with Crippen molar-refractivity contribution >= 4 is 29.2 Å². The summed E-state index contributed by atoms with van der Waals surface area (Å²) in [7, 11) is 0. The number of hydrogen-bond donors (Lipinski definition) is 0. The molecule has 1 aliphatic rings. The highest BCUT2D eigenvalue weighted by Crippen LogP contribution is 2.26. The van der Waals surface area contributed by atoms with Crippen LogP contribution in [0.5, 0.6) is 5.75 Å². The van der Waals surface area contributed by atoms with E-state index in [1.807, 2.05) is 24.3 Å². The van der Waals surface area contributed by atoms with E-state index in [1.165, 1.54) is 31.2 Å². The Morgan fingerprint density at radius 3 is 2.38 bits per heavy atom. The number of anilines is 1. The molecule has 6 nitrogen and oxygen atoms in total. The number of carbonyl (C=O) groups is 2. The van der Waals surface area contributed by atoms with Crippen molar-refractivity contribution in [2.24, 2.45) is 0 Å². The van der Waals surface area contributed by atoms with Crippen LogP contribution in [0.3, 0.4) is 0 Å². The van der Waals surface area contributed by atoms with Crippen LogP contribution in [0.15, 0.2) is 48.5 Å². The first kappa shape index (κ1) is 20.9. The molecule has 0 bridgehead atoms. The molecule has 0 radical (unpaired) electrons. The van der Waals surface area contributed by atoms with E-state index in [4.69, 9.17) is 21.1 Å². The van der Waals surface area contributed by atoms with E-state index in [0.717, 1.165) is 5.69 Å². The summed E-state index contributed by atoms with van der Waals surface area (Å²) in [5, 5.41) is 0.677. The standard InChI is InChI=1S/C21H22ClFN2O4/c1-15(29-17-8-6-16(23)7-9-17)21(27)28-14-20(26)25-12-10-24(11-13-25)19-5-3-2-4-18(19)22/h2-9,15H,10-14H2,1H3/t15-/m0/s1. The van der Waals surface area contributed by atoms with Crippen molar-refractivity contribution < 1.29 is 23.5 Å². The first-order valence-corrected chi connectivity index (χ1v) is 9.68. The van der Waals surface area contributed by atoms with E-state index < -0.39 is 17.9 Å². The van der Waals surface area contributed by atoms with Crippen LogP contribution in [0, 0.1) is 5.82 Å². The maximum atomic E-state index is 12.9. The predicted molar refractivity (Wildman–Crippen MR) is 108 cm³/mol. The Kier molecular flexibility index (Phi) is 6.93. The van der Waals surface area contributed by atoms with Gasteiger partial charge < -0.3 is 19.3 Å². The molecule has 0 aromatic heterocycles. The molecule has 1 atom stereocenters. The molecule has 0 aliphatic carbocycles. The van der Waals surface area contributed by atoms with Crippen LogP contribution in [0.25, 0.3) is 0 Å². The van der Waals surface area contributed by atoms with Crippen LogP contribution in [-0.2, 0) is 14.3 Å². The largest absolute Gasteiger partial charge is 0.479 e. The van der Waals surface area contributed by atoms with Crippen LogP contribution < -0.4 is 9.64 Å². The van der Waals surface area contributed by atoms with Gasteiger partial charge in [-0.2, -0.15) is 0 Å². The summed E-state index contributed by atoms with van der Waals surface area (Å²) < 4.78 is 23.4. The number of para-hydroxylation sites is 1. The third-order valence-corrected chi connectivity index (χ3v) is 4.94. The lowest BCUT2D eigenvalue weighted by molar-refractivity contribution is -0.157. The molecule has 1 saturated heterocycles. The van der Waals surface area contributed by atoms with Crippen LogP contribution in [0.4, 0.5) is 10.1 Å². The second kappa shape index (κ2) is 9.60. The van der Waals surface area contributed by atoms with Crippen LogP contribution in [0.2, 0.25) is 5.02 Å². The van der Waals surface area contributed by atoms with Crippen molar-refractivity contribution in [3.05, 3.63) is 59.4 Å². The molecule has 1 heterocycles. The van der Waals surface area contributed by atoms with E-state index in [0.29, 0.717) is 37.0 Å². The van der Waals surface area contributed by atoms with E-state index >= 15 is 0 Å². The van der Waals surface area contributed by atoms with Crippen molar-refractivity contribution in [3.63, 3.8) is 0 Å². The number of hydrogen-bond acceptors (Lipinski definition) is 5. The van der Waals surface area contributed by atoms with Gasteiger partial charge in [-0.05, 0) is 43.3 Å². The molecule has 1 aliphatic heterocycles. The molecule has 0 spiro atoms. The molecule has 0 N–H and O–H groups in total. The number of amides is 1. The number of nitrogens with zero attached hydrogens (tertiary/aromatic N) is 2. The highest BCUT2D eigenvalue weighted by Gasteiger charge is 2.24. The van der Waals surface area contributed by atoms with Gasteiger partial charge in [0.2, 0.25) is 0 Å². The molecule has 8 heteroatoms. The smallest absolute Gasteiger partial charge is 0.347 e. The second-order valence-corrected chi connectivity index (χ2v) is 7.05. The fourth-order valence-electron chi connectivity index (χ4n) is 3.01. The zero-order valence-electron chi connectivity index (χ0n) is 16.0. The van der Waals surface area contributed by atoms with Crippen molar-refractivity contribution in [1.82, 2.24) is 4.90 Å². The van der Waals surface area contributed by atoms with Crippen molar-refractivity contribution in [2.45, 2.75) is 13.0 Å². The molecule has 1 amide bonds. The van der Waals surface area contributed by atoms with E-state index in [9.17, 15) is 14.0 Å². The number of carbonyl (C=O) groups excluding carboxylic acids is 2. The highest BCUT2D eigenvalue weighted by atomic mass is 35.5. The summed E-state index contributed by atoms with van der Waals surface area (Å²) in [6.45, 7) is 3.49. The molecule has 2 aromatic rings. The number of rotatable bonds is 6. The molecule has 29 heavy (non-hydrogen) atoms. The Morgan fingerprint density at radius 2 is 1.72 bits per heavy atom. The zero-order valence-corrected chi connectivity index (χ0v) is 16.8. The Balaban J connectivity index is 1.43. The highest BCUT2D eigenvalue weighted by molar-refractivity contribution is 6.33. The second-order valence-electron chi connectivity index (χ2n) is 6.64. The van der Waals surface area contributed by atoms with Gasteiger partial charge in [-0.25, -0.2) is 9.18 Å². The lowest BCUT2D eigenvalue weighted by atomic mass is 10.2. The summed E-state index contributed by atoms with van der Waals surface area (Å²) in [5.41, 5.74) is 0.944. The number of halogens is 2. The summed E-state index contributed by atoms with van der Waals surface area (Å²) in [6.07, 6.45) is -0.912. The van der Waals surface area contributed by atoms with Gasteiger partial charge in [0.05, 0.1) is 10.7 Å². The van der Waals surface area contributed by atoms with Gasteiger partial charge in [-0.1, -0.05) is 23.7 Å². The Hall–Kier alpha value is -2.80. The number of piperazine rings is 1. The van der Waals surface area contributed by atoms with Gasteiger partial charge >= 0.3 is 5.97 Å². The molecule has 154 valence electrons. The van der Waals surface area contributed by atoms with Gasteiger partial charge in [0.15, 0.2) is 12.7 Å². The van der Waals surface area contributed by atoms with Gasteiger partial charge in [0.1, 0.15) is 11.6 Å². The summed E-state index contributed by atoms with van der Waals surface area (Å²) in [5.74, 6) is -0.964. The molecule has 3 rings (SSSR count). The first-order valence-electron chi connectivity index (χ1n) is 9.30. The molecular formula is C21H22ClFN2O4. The average molecular weight is 421 g/mol. The molecule has 1 fully saturated rings. The Morgan fingerprint density at radius 1 is 1.07 bits per heavy atom. The summed E-state index contributed by atoms with van der Waals surface area (Å²) in [6, 6.07) is 12.9. The van der Waals surface area contributed by atoms with E-state index in [-0.39, 0.29) is 12.5 Å². The first-order chi connectivity index (χ1) is 13.9.